The van der Waals surface area contributed by atoms with E-state index in [1.165, 1.54) is 12.5 Å². The molecule has 1 saturated heterocycles. The minimum Gasteiger partial charge on any atom is -0.315 e. The Morgan fingerprint density at radius 1 is 1.42 bits per heavy atom. The molecule has 1 aromatic carbocycles. The number of benzene rings is 1. The zero-order chi connectivity index (χ0) is 13.7. The third-order valence-electron chi connectivity index (χ3n) is 4.01. The number of nitrogens with one attached hydrogen (secondary N) is 1. The van der Waals surface area contributed by atoms with Gasteiger partial charge in [-0.25, -0.2) is 4.39 Å². The van der Waals surface area contributed by atoms with E-state index in [0.717, 1.165) is 38.0 Å². The first-order valence-corrected chi connectivity index (χ1v) is 7.48. The van der Waals surface area contributed by atoms with Crippen LogP contribution in [-0.2, 0) is 0 Å². The van der Waals surface area contributed by atoms with Gasteiger partial charge in [-0.05, 0) is 50.0 Å². The molecule has 1 aromatic rings. The number of rotatable bonds is 6. The van der Waals surface area contributed by atoms with Crippen molar-refractivity contribution in [3.8, 4) is 0 Å². The third-order valence-corrected chi connectivity index (χ3v) is 4.01. The molecule has 1 aliphatic rings. The Morgan fingerprint density at radius 3 is 2.84 bits per heavy atom. The van der Waals surface area contributed by atoms with Crippen LogP contribution in [-0.4, -0.2) is 30.6 Å². The molecule has 3 heteroatoms. The minimum absolute atomic E-state index is 0.128. The first-order valence-electron chi connectivity index (χ1n) is 7.48. The molecule has 2 rings (SSSR count). The number of nitrogens with zero attached hydrogens (tertiary/aromatic N) is 1. The highest BCUT2D eigenvalue weighted by molar-refractivity contribution is 5.20. The molecule has 0 radical (unpaired) electrons. The van der Waals surface area contributed by atoms with E-state index in [0.29, 0.717) is 12.1 Å². The van der Waals surface area contributed by atoms with Crippen LogP contribution in [0.2, 0.25) is 0 Å². The summed E-state index contributed by atoms with van der Waals surface area (Å²) in [5, 5.41) is 3.44. The van der Waals surface area contributed by atoms with Crippen LogP contribution in [0.4, 0.5) is 4.39 Å². The van der Waals surface area contributed by atoms with E-state index < -0.39 is 0 Å². The second-order valence-electron chi connectivity index (χ2n) is 5.36. The predicted molar refractivity (Wildman–Crippen MR) is 77.7 cm³/mol. The standard InChI is InChI=1S/C16H25FN2/c1-3-10-19(15-8-9-18-12-15)16(4-2)13-6-5-7-14(17)11-13/h5-7,11,15-16,18H,3-4,8-10,12H2,1-2H3. The maximum Gasteiger partial charge on any atom is 0.123 e. The molecule has 1 N–H and O–H groups in total. The van der Waals surface area contributed by atoms with Gasteiger partial charge < -0.3 is 5.32 Å². The molecule has 0 aromatic heterocycles. The fourth-order valence-corrected chi connectivity index (χ4v) is 3.15. The monoisotopic (exact) mass is 264 g/mol. The normalized spacial score (nSPS) is 20.9. The third kappa shape index (κ3) is 3.54. The zero-order valence-corrected chi connectivity index (χ0v) is 12.0. The first-order chi connectivity index (χ1) is 9.26. The average Bonchev–Trinajstić information content (AvgIpc) is 2.92. The molecule has 19 heavy (non-hydrogen) atoms. The van der Waals surface area contributed by atoms with E-state index in [9.17, 15) is 4.39 Å². The SMILES string of the molecule is CCCN(C1CCNC1)C(CC)c1cccc(F)c1. The van der Waals surface area contributed by atoms with Crippen LogP contribution in [0, 0.1) is 5.82 Å². The molecule has 1 fully saturated rings. The van der Waals surface area contributed by atoms with E-state index in [-0.39, 0.29) is 5.82 Å². The van der Waals surface area contributed by atoms with Gasteiger partial charge in [-0.3, -0.25) is 4.90 Å². The van der Waals surface area contributed by atoms with Gasteiger partial charge in [-0.1, -0.05) is 26.0 Å². The molecule has 2 unspecified atom stereocenters. The molecule has 0 aliphatic carbocycles. The molecular formula is C16H25FN2. The van der Waals surface area contributed by atoms with E-state index in [1.54, 1.807) is 6.07 Å². The lowest BCUT2D eigenvalue weighted by Gasteiger charge is -2.36. The Labute approximate surface area is 116 Å². The van der Waals surface area contributed by atoms with Crippen LogP contribution in [0.3, 0.4) is 0 Å². The maximum atomic E-state index is 13.5. The van der Waals surface area contributed by atoms with E-state index >= 15 is 0 Å². The summed E-state index contributed by atoms with van der Waals surface area (Å²) in [6.07, 6.45) is 3.37. The molecule has 1 heterocycles. The van der Waals surface area contributed by atoms with Crippen molar-refractivity contribution in [2.75, 3.05) is 19.6 Å². The number of hydrogen-bond acceptors (Lipinski definition) is 2. The first kappa shape index (κ1) is 14.5. The molecular weight excluding hydrogens is 239 g/mol. The fourth-order valence-electron chi connectivity index (χ4n) is 3.15. The lowest BCUT2D eigenvalue weighted by Crippen LogP contribution is -2.40. The van der Waals surface area contributed by atoms with Crippen molar-refractivity contribution in [1.29, 1.82) is 0 Å². The molecule has 0 spiro atoms. The highest BCUT2D eigenvalue weighted by Gasteiger charge is 2.28. The molecule has 2 nitrogen and oxygen atoms in total. The lowest BCUT2D eigenvalue weighted by molar-refractivity contribution is 0.138. The Morgan fingerprint density at radius 2 is 2.26 bits per heavy atom. The zero-order valence-electron chi connectivity index (χ0n) is 12.0. The van der Waals surface area contributed by atoms with Crippen molar-refractivity contribution in [3.63, 3.8) is 0 Å². The van der Waals surface area contributed by atoms with Crippen molar-refractivity contribution in [1.82, 2.24) is 10.2 Å². The summed E-state index contributed by atoms with van der Waals surface area (Å²) < 4.78 is 13.5. The smallest absolute Gasteiger partial charge is 0.123 e. The van der Waals surface area contributed by atoms with Gasteiger partial charge in [0.25, 0.3) is 0 Å². The number of halogens is 1. The summed E-state index contributed by atoms with van der Waals surface area (Å²) in [5.74, 6) is -0.128. The predicted octanol–water partition coefficient (Wildman–Crippen LogP) is 3.35. The van der Waals surface area contributed by atoms with Gasteiger partial charge in [0.15, 0.2) is 0 Å². The summed E-state index contributed by atoms with van der Waals surface area (Å²) in [5.41, 5.74) is 1.11. The summed E-state index contributed by atoms with van der Waals surface area (Å²) in [6.45, 7) is 7.66. The van der Waals surface area contributed by atoms with Gasteiger partial charge in [0.1, 0.15) is 5.82 Å². The molecule has 106 valence electrons. The van der Waals surface area contributed by atoms with Gasteiger partial charge in [0, 0.05) is 18.6 Å². The maximum absolute atomic E-state index is 13.5. The van der Waals surface area contributed by atoms with Crippen LogP contribution in [0.25, 0.3) is 0 Å². The van der Waals surface area contributed by atoms with Crippen LogP contribution >= 0.6 is 0 Å². The van der Waals surface area contributed by atoms with Gasteiger partial charge in [0.05, 0.1) is 0 Å². The van der Waals surface area contributed by atoms with Gasteiger partial charge in [-0.2, -0.15) is 0 Å². The molecule has 0 bridgehead atoms. The lowest BCUT2D eigenvalue weighted by atomic mass is 10.00. The molecule has 1 aliphatic heterocycles. The Kier molecular flexibility index (Phi) is 5.34. The van der Waals surface area contributed by atoms with Crippen LogP contribution < -0.4 is 5.32 Å². The Balaban J connectivity index is 2.20. The van der Waals surface area contributed by atoms with Crippen molar-refractivity contribution in [3.05, 3.63) is 35.6 Å². The highest BCUT2D eigenvalue weighted by Crippen LogP contribution is 2.28. The van der Waals surface area contributed by atoms with Crippen molar-refractivity contribution < 1.29 is 4.39 Å². The quantitative estimate of drug-likeness (QED) is 0.847. The molecule has 0 amide bonds. The Hall–Kier alpha value is -0.930. The minimum atomic E-state index is -0.128. The second kappa shape index (κ2) is 7.01. The van der Waals surface area contributed by atoms with E-state index in [4.69, 9.17) is 0 Å². The highest BCUT2D eigenvalue weighted by atomic mass is 19.1. The van der Waals surface area contributed by atoms with Gasteiger partial charge in [-0.15, -0.1) is 0 Å². The molecule has 2 atom stereocenters. The average molecular weight is 264 g/mol. The van der Waals surface area contributed by atoms with Crippen molar-refractivity contribution in [2.24, 2.45) is 0 Å². The van der Waals surface area contributed by atoms with E-state index in [2.05, 4.69) is 30.1 Å². The van der Waals surface area contributed by atoms with Crippen molar-refractivity contribution in [2.45, 2.75) is 45.2 Å². The van der Waals surface area contributed by atoms with Crippen LogP contribution in [0.5, 0.6) is 0 Å². The topological polar surface area (TPSA) is 15.3 Å². The second-order valence-corrected chi connectivity index (χ2v) is 5.36. The van der Waals surface area contributed by atoms with Crippen LogP contribution in [0.15, 0.2) is 24.3 Å². The largest absolute Gasteiger partial charge is 0.315 e. The molecule has 0 saturated carbocycles. The summed E-state index contributed by atoms with van der Waals surface area (Å²) >= 11 is 0. The number of hydrogen-bond donors (Lipinski definition) is 1. The van der Waals surface area contributed by atoms with Gasteiger partial charge >= 0.3 is 0 Å². The summed E-state index contributed by atoms with van der Waals surface area (Å²) in [6, 6.07) is 8.03. The summed E-state index contributed by atoms with van der Waals surface area (Å²) in [7, 11) is 0. The van der Waals surface area contributed by atoms with Gasteiger partial charge in [0.2, 0.25) is 0 Å². The Bertz CT molecular complexity index is 388. The van der Waals surface area contributed by atoms with Crippen molar-refractivity contribution >= 4 is 0 Å². The fraction of sp³-hybridized carbons (Fsp3) is 0.625. The summed E-state index contributed by atoms with van der Waals surface area (Å²) in [4.78, 5) is 2.56. The van der Waals surface area contributed by atoms with Crippen LogP contribution in [0.1, 0.15) is 44.7 Å². The van der Waals surface area contributed by atoms with E-state index in [1.807, 2.05) is 6.07 Å².